The molecule has 0 spiro atoms. The Labute approximate surface area is 121 Å². The van der Waals surface area contributed by atoms with E-state index in [1.54, 1.807) is 0 Å². The van der Waals surface area contributed by atoms with Gasteiger partial charge < -0.3 is 5.32 Å². The summed E-state index contributed by atoms with van der Waals surface area (Å²) >= 11 is 0. The van der Waals surface area contributed by atoms with Crippen molar-refractivity contribution >= 4 is 0 Å². The van der Waals surface area contributed by atoms with Crippen LogP contribution in [0.2, 0.25) is 0 Å². The highest BCUT2D eigenvalue weighted by molar-refractivity contribution is 4.83. The summed E-state index contributed by atoms with van der Waals surface area (Å²) in [4.78, 5) is 0. The number of nitrogens with one attached hydrogen (secondary N) is 1. The zero-order valence-corrected chi connectivity index (χ0v) is 14.0. The third-order valence-corrected chi connectivity index (χ3v) is 4.99. The van der Waals surface area contributed by atoms with E-state index in [2.05, 4.69) is 39.9 Å². The molecule has 1 saturated carbocycles. The third kappa shape index (κ3) is 6.79. The highest BCUT2D eigenvalue weighted by Crippen LogP contribution is 2.42. The summed E-state index contributed by atoms with van der Waals surface area (Å²) in [7, 11) is 0. The van der Waals surface area contributed by atoms with Crippen molar-refractivity contribution in [2.45, 2.75) is 73.1 Å². The molecular weight excluding hydrogens is 230 g/mol. The van der Waals surface area contributed by atoms with Gasteiger partial charge in [0, 0.05) is 0 Å². The molecule has 0 aromatic carbocycles. The molecule has 0 heterocycles. The second kappa shape index (κ2) is 9.00. The van der Waals surface area contributed by atoms with Gasteiger partial charge in [0.15, 0.2) is 0 Å². The smallest absolute Gasteiger partial charge is 0.00230 e. The fourth-order valence-corrected chi connectivity index (χ4v) is 3.64. The predicted molar refractivity (Wildman–Crippen MR) is 86.4 cm³/mol. The van der Waals surface area contributed by atoms with Gasteiger partial charge in [-0.25, -0.2) is 0 Å². The van der Waals surface area contributed by atoms with Crippen LogP contribution in [-0.4, -0.2) is 13.1 Å². The van der Waals surface area contributed by atoms with Crippen LogP contribution in [0, 0.1) is 29.6 Å². The van der Waals surface area contributed by atoms with Gasteiger partial charge in [0.1, 0.15) is 0 Å². The van der Waals surface area contributed by atoms with E-state index < -0.39 is 0 Å². The van der Waals surface area contributed by atoms with Crippen LogP contribution >= 0.6 is 0 Å². The molecule has 1 aliphatic carbocycles. The van der Waals surface area contributed by atoms with Gasteiger partial charge >= 0.3 is 0 Å². The lowest BCUT2D eigenvalue weighted by Gasteiger charge is -2.41. The van der Waals surface area contributed by atoms with Crippen LogP contribution in [0.15, 0.2) is 0 Å². The van der Waals surface area contributed by atoms with E-state index in [1.807, 2.05) is 0 Å². The first-order valence-corrected chi connectivity index (χ1v) is 8.71. The molecule has 0 saturated heterocycles. The quantitative estimate of drug-likeness (QED) is 0.542. The Balaban J connectivity index is 1.90. The summed E-state index contributed by atoms with van der Waals surface area (Å²) in [5, 5.41) is 3.57. The normalized spacial score (nSPS) is 28.4. The maximum atomic E-state index is 3.57. The van der Waals surface area contributed by atoms with E-state index in [0.717, 1.165) is 29.6 Å². The summed E-state index contributed by atoms with van der Waals surface area (Å²) in [6, 6.07) is 0. The zero-order valence-electron chi connectivity index (χ0n) is 14.0. The molecule has 0 radical (unpaired) electrons. The van der Waals surface area contributed by atoms with E-state index >= 15 is 0 Å². The molecule has 1 nitrogen and oxygen atoms in total. The fourth-order valence-electron chi connectivity index (χ4n) is 3.64. The van der Waals surface area contributed by atoms with Crippen molar-refractivity contribution in [3.63, 3.8) is 0 Å². The van der Waals surface area contributed by atoms with Crippen molar-refractivity contribution in [3.8, 4) is 0 Å². The van der Waals surface area contributed by atoms with Gasteiger partial charge in [-0.1, -0.05) is 53.9 Å². The number of hydrogen-bond acceptors (Lipinski definition) is 1. The lowest BCUT2D eigenvalue weighted by Crippen LogP contribution is -2.32. The van der Waals surface area contributed by atoms with E-state index in [0.29, 0.717) is 0 Å². The molecule has 1 heteroatoms. The molecule has 3 atom stereocenters. The third-order valence-electron chi connectivity index (χ3n) is 4.99. The van der Waals surface area contributed by atoms with Crippen LogP contribution in [0.1, 0.15) is 73.1 Å². The largest absolute Gasteiger partial charge is 0.316 e. The van der Waals surface area contributed by atoms with Crippen molar-refractivity contribution in [3.05, 3.63) is 0 Å². The first-order valence-electron chi connectivity index (χ1n) is 8.71. The maximum absolute atomic E-state index is 3.57. The van der Waals surface area contributed by atoms with Gasteiger partial charge in [-0.2, -0.15) is 0 Å². The minimum absolute atomic E-state index is 0.777. The Kier molecular flexibility index (Phi) is 8.06. The van der Waals surface area contributed by atoms with E-state index in [-0.39, 0.29) is 0 Å². The summed E-state index contributed by atoms with van der Waals surface area (Å²) in [6.07, 6.45) is 8.71. The first-order chi connectivity index (χ1) is 9.00. The molecule has 19 heavy (non-hydrogen) atoms. The Bertz CT molecular complexity index is 216. The molecule has 0 aliphatic heterocycles. The Morgan fingerprint density at radius 1 is 0.947 bits per heavy atom. The number of rotatable bonds is 10. The van der Waals surface area contributed by atoms with Crippen molar-refractivity contribution in [1.29, 1.82) is 0 Å². The van der Waals surface area contributed by atoms with Gasteiger partial charge in [0.05, 0.1) is 0 Å². The Morgan fingerprint density at radius 3 is 2.21 bits per heavy atom. The standard InChI is InChI=1S/C18H37N/c1-14(2)12-19-13-15(3)9-7-6-8-10-18-16(4)11-17(18)5/h14-19H,6-13H2,1-5H3. The fraction of sp³-hybridized carbons (Fsp3) is 1.00. The summed E-state index contributed by atoms with van der Waals surface area (Å²) in [6.45, 7) is 14.2. The molecule has 0 aromatic heterocycles. The minimum Gasteiger partial charge on any atom is -0.316 e. The van der Waals surface area contributed by atoms with Gasteiger partial charge in [-0.3, -0.25) is 0 Å². The molecule has 1 aliphatic rings. The van der Waals surface area contributed by atoms with Crippen molar-refractivity contribution < 1.29 is 0 Å². The average molecular weight is 268 g/mol. The highest BCUT2D eigenvalue weighted by Gasteiger charge is 2.33. The van der Waals surface area contributed by atoms with Gasteiger partial charge in [0.2, 0.25) is 0 Å². The second-order valence-electron chi connectivity index (χ2n) is 7.65. The van der Waals surface area contributed by atoms with Crippen LogP contribution in [0.3, 0.4) is 0 Å². The first kappa shape index (κ1) is 17.0. The van der Waals surface area contributed by atoms with Gasteiger partial charge in [-0.05, 0) is 61.9 Å². The lowest BCUT2D eigenvalue weighted by atomic mass is 9.64. The summed E-state index contributed by atoms with van der Waals surface area (Å²) < 4.78 is 0. The molecular formula is C18H37N. The number of hydrogen-bond donors (Lipinski definition) is 1. The molecule has 0 aromatic rings. The molecule has 0 bridgehead atoms. The molecule has 114 valence electrons. The minimum atomic E-state index is 0.777. The molecule has 1 fully saturated rings. The van der Waals surface area contributed by atoms with Crippen molar-refractivity contribution in [2.75, 3.05) is 13.1 Å². The maximum Gasteiger partial charge on any atom is -0.00230 e. The topological polar surface area (TPSA) is 12.0 Å². The molecule has 1 rings (SSSR count). The van der Waals surface area contributed by atoms with Crippen molar-refractivity contribution in [1.82, 2.24) is 5.32 Å². The van der Waals surface area contributed by atoms with Crippen LogP contribution in [0.5, 0.6) is 0 Å². The lowest BCUT2D eigenvalue weighted by molar-refractivity contribution is 0.0895. The van der Waals surface area contributed by atoms with E-state index in [4.69, 9.17) is 0 Å². The highest BCUT2D eigenvalue weighted by atomic mass is 14.9. The van der Waals surface area contributed by atoms with Crippen molar-refractivity contribution in [2.24, 2.45) is 29.6 Å². The summed E-state index contributed by atoms with van der Waals surface area (Å²) in [5.41, 5.74) is 0. The molecule has 3 unspecified atom stereocenters. The SMILES string of the molecule is CC(C)CNCC(C)CCCCCC1C(C)CC1C. The molecule has 1 N–H and O–H groups in total. The Morgan fingerprint density at radius 2 is 1.63 bits per heavy atom. The Hall–Kier alpha value is -0.0400. The van der Waals surface area contributed by atoms with Gasteiger partial charge in [-0.15, -0.1) is 0 Å². The monoisotopic (exact) mass is 267 g/mol. The second-order valence-corrected chi connectivity index (χ2v) is 7.65. The van der Waals surface area contributed by atoms with Crippen LogP contribution in [0.4, 0.5) is 0 Å². The van der Waals surface area contributed by atoms with E-state index in [9.17, 15) is 0 Å². The van der Waals surface area contributed by atoms with Crippen LogP contribution in [-0.2, 0) is 0 Å². The zero-order chi connectivity index (χ0) is 14.3. The van der Waals surface area contributed by atoms with Crippen LogP contribution < -0.4 is 5.32 Å². The van der Waals surface area contributed by atoms with E-state index in [1.165, 1.54) is 51.6 Å². The average Bonchev–Trinajstić information content (AvgIpc) is 2.33. The van der Waals surface area contributed by atoms with Crippen LogP contribution in [0.25, 0.3) is 0 Å². The molecule has 0 amide bonds. The van der Waals surface area contributed by atoms with Gasteiger partial charge in [0.25, 0.3) is 0 Å². The predicted octanol–water partition coefficient (Wildman–Crippen LogP) is 5.11. The number of unbranched alkanes of at least 4 members (excludes halogenated alkanes) is 2. The summed E-state index contributed by atoms with van der Waals surface area (Å²) in [5.74, 6) is 4.69.